The lowest BCUT2D eigenvalue weighted by atomic mass is 10.1. The van der Waals surface area contributed by atoms with E-state index >= 15 is 0 Å². The molecule has 1 aromatic rings. The predicted molar refractivity (Wildman–Crippen MR) is 81.8 cm³/mol. The predicted octanol–water partition coefficient (Wildman–Crippen LogP) is 3.70. The van der Waals surface area contributed by atoms with Crippen molar-refractivity contribution in [3.8, 4) is 0 Å². The first-order valence-corrected chi connectivity index (χ1v) is 7.08. The van der Waals surface area contributed by atoms with Gasteiger partial charge in [-0.3, -0.25) is 14.9 Å². The van der Waals surface area contributed by atoms with Crippen LogP contribution < -0.4 is 5.32 Å². The molecule has 7 heteroatoms. The van der Waals surface area contributed by atoms with Gasteiger partial charge in [0.1, 0.15) is 5.02 Å². The number of nitro groups is 1. The number of nitro benzene ring substituents is 1. The maximum Gasteiger partial charge on any atom is 0.305 e. The van der Waals surface area contributed by atoms with Crippen molar-refractivity contribution in [2.75, 3.05) is 19.0 Å². The van der Waals surface area contributed by atoms with E-state index in [4.69, 9.17) is 11.6 Å². The van der Waals surface area contributed by atoms with Crippen LogP contribution in [0, 0.1) is 17.0 Å². The van der Waals surface area contributed by atoms with Crippen LogP contribution in [0.1, 0.15) is 31.2 Å². The van der Waals surface area contributed by atoms with Crippen molar-refractivity contribution in [1.29, 1.82) is 0 Å². The Labute approximate surface area is 128 Å². The summed E-state index contributed by atoms with van der Waals surface area (Å²) in [6, 6.07) is 3.03. The van der Waals surface area contributed by atoms with E-state index in [1.807, 2.05) is 0 Å². The molecule has 0 amide bonds. The number of nitrogens with zero attached hydrogens (tertiary/aromatic N) is 1. The molecule has 0 heterocycles. The second kappa shape index (κ2) is 8.46. The minimum atomic E-state index is -0.494. The highest BCUT2D eigenvalue weighted by Crippen LogP contribution is 2.30. The van der Waals surface area contributed by atoms with E-state index in [9.17, 15) is 14.9 Å². The summed E-state index contributed by atoms with van der Waals surface area (Å²) in [4.78, 5) is 21.2. The van der Waals surface area contributed by atoms with E-state index < -0.39 is 4.92 Å². The van der Waals surface area contributed by atoms with Crippen LogP contribution in [0.4, 0.5) is 11.4 Å². The van der Waals surface area contributed by atoms with E-state index in [-0.39, 0.29) is 16.7 Å². The van der Waals surface area contributed by atoms with Gasteiger partial charge in [-0.15, -0.1) is 0 Å². The quantitative estimate of drug-likeness (QED) is 0.342. The molecule has 0 aliphatic heterocycles. The lowest BCUT2D eigenvalue weighted by molar-refractivity contribution is -0.384. The van der Waals surface area contributed by atoms with Gasteiger partial charge in [0.15, 0.2) is 0 Å². The Morgan fingerprint density at radius 3 is 2.71 bits per heavy atom. The Hall–Kier alpha value is -1.82. The zero-order valence-corrected chi connectivity index (χ0v) is 12.9. The number of ether oxygens (including phenoxy) is 1. The van der Waals surface area contributed by atoms with E-state index in [1.54, 1.807) is 13.0 Å². The van der Waals surface area contributed by atoms with Crippen LogP contribution in [0.25, 0.3) is 0 Å². The first-order chi connectivity index (χ1) is 9.95. The molecular formula is C14H19ClN2O4. The third-order valence-corrected chi connectivity index (χ3v) is 3.39. The molecule has 0 aliphatic carbocycles. The fourth-order valence-electron chi connectivity index (χ4n) is 1.89. The van der Waals surface area contributed by atoms with Crippen LogP contribution in [0.3, 0.4) is 0 Å². The van der Waals surface area contributed by atoms with Crippen molar-refractivity contribution >= 4 is 28.9 Å². The maximum atomic E-state index is 10.9. The number of carbonyl (C=O) groups is 1. The molecule has 116 valence electrons. The minimum absolute atomic E-state index is 0.0854. The number of anilines is 1. The number of unbranched alkanes of at least 4 members (excludes halogenated alkanes) is 2. The van der Waals surface area contributed by atoms with Crippen LogP contribution >= 0.6 is 11.6 Å². The molecule has 1 aromatic carbocycles. The second-order valence-corrected chi connectivity index (χ2v) is 5.10. The standard InChI is InChI=1S/C14H19ClN2O4/c1-10-8-13(17(19)20)11(15)9-12(10)16-7-5-3-4-6-14(18)21-2/h8-9,16H,3-7H2,1-2H3. The summed E-state index contributed by atoms with van der Waals surface area (Å²) in [5.74, 6) is -0.194. The van der Waals surface area contributed by atoms with Gasteiger partial charge in [-0.1, -0.05) is 18.0 Å². The number of hydrogen-bond donors (Lipinski definition) is 1. The topological polar surface area (TPSA) is 81.5 Å². The average Bonchev–Trinajstić information content (AvgIpc) is 2.44. The molecule has 0 spiro atoms. The van der Waals surface area contributed by atoms with E-state index in [0.29, 0.717) is 6.42 Å². The van der Waals surface area contributed by atoms with Crippen molar-refractivity contribution in [2.45, 2.75) is 32.6 Å². The Balaban J connectivity index is 2.41. The van der Waals surface area contributed by atoms with Crippen molar-refractivity contribution < 1.29 is 14.5 Å². The number of methoxy groups -OCH3 is 1. The fraction of sp³-hybridized carbons (Fsp3) is 0.500. The smallest absolute Gasteiger partial charge is 0.305 e. The number of benzene rings is 1. The molecule has 0 atom stereocenters. The highest BCUT2D eigenvalue weighted by molar-refractivity contribution is 6.33. The first-order valence-electron chi connectivity index (χ1n) is 6.71. The summed E-state index contributed by atoms with van der Waals surface area (Å²) >= 11 is 5.88. The molecule has 1 rings (SSSR count). The van der Waals surface area contributed by atoms with Gasteiger partial charge in [0, 0.05) is 24.7 Å². The van der Waals surface area contributed by atoms with Crippen LogP contribution in [0.5, 0.6) is 0 Å². The molecule has 0 saturated carbocycles. The largest absolute Gasteiger partial charge is 0.469 e. The van der Waals surface area contributed by atoms with Crippen molar-refractivity contribution in [3.63, 3.8) is 0 Å². The number of rotatable bonds is 8. The van der Waals surface area contributed by atoms with Gasteiger partial charge in [0.05, 0.1) is 12.0 Å². The minimum Gasteiger partial charge on any atom is -0.469 e. The van der Waals surface area contributed by atoms with Gasteiger partial charge in [0.25, 0.3) is 5.69 Å². The second-order valence-electron chi connectivity index (χ2n) is 4.69. The first kappa shape index (κ1) is 17.2. The summed E-state index contributed by atoms with van der Waals surface area (Å²) in [5.41, 5.74) is 1.48. The molecule has 0 bridgehead atoms. The summed E-state index contributed by atoms with van der Waals surface area (Å²) in [6.45, 7) is 2.51. The third-order valence-electron chi connectivity index (χ3n) is 3.09. The summed E-state index contributed by atoms with van der Waals surface area (Å²) in [5, 5.41) is 14.1. The normalized spacial score (nSPS) is 10.2. The molecule has 0 fully saturated rings. The fourth-order valence-corrected chi connectivity index (χ4v) is 2.13. The van der Waals surface area contributed by atoms with Crippen LogP contribution in [-0.2, 0) is 9.53 Å². The number of hydrogen-bond acceptors (Lipinski definition) is 5. The number of esters is 1. The SMILES string of the molecule is COC(=O)CCCCCNc1cc(Cl)c([N+](=O)[O-])cc1C. The third kappa shape index (κ3) is 5.59. The summed E-state index contributed by atoms with van der Waals surface area (Å²) in [6.07, 6.45) is 3.01. The number of aryl methyl sites for hydroxylation is 1. The Bertz CT molecular complexity index is 520. The monoisotopic (exact) mass is 314 g/mol. The number of halogens is 1. The number of nitrogens with one attached hydrogen (secondary N) is 1. The lowest BCUT2D eigenvalue weighted by Crippen LogP contribution is -2.05. The number of carbonyl (C=O) groups excluding carboxylic acids is 1. The van der Waals surface area contributed by atoms with Gasteiger partial charge >= 0.3 is 5.97 Å². The van der Waals surface area contributed by atoms with Crippen molar-refractivity contribution in [3.05, 3.63) is 32.8 Å². The summed E-state index contributed by atoms with van der Waals surface area (Å²) < 4.78 is 4.56. The molecule has 0 radical (unpaired) electrons. The Morgan fingerprint density at radius 1 is 1.38 bits per heavy atom. The van der Waals surface area contributed by atoms with Crippen LogP contribution in [-0.4, -0.2) is 24.5 Å². The molecule has 6 nitrogen and oxygen atoms in total. The van der Waals surface area contributed by atoms with Crippen LogP contribution in [0.15, 0.2) is 12.1 Å². The zero-order chi connectivity index (χ0) is 15.8. The lowest BCUT2D eigenvalue weighted by Gasteiger charge is -2.10. The Morgan fingerprint density at radius 2 is 2.10 bits per heavy atom. The molecule has 0 aromatic heterocycles. The molecular weight excluding hydrogens is 296 g/mol. The molecule has 0 aliphatic rings. The van der Waals surface area contributed by atoms with Crippen LogP contribution in [0.2, 0.25) is 5.02 Å². The van der Waals surface area contributed by atoms with E-state index in [2.05, 4.69) is 10.1 Å². The van der Waals surface area contributed by atoms with Gasteiger partial charge in [0.2, 0.25) is 0 Å². The molecule has 0 unspecified atom stereocenters. The molecule has 21 heavy (non-hydrogen) atoms. The average molecular weight is 315 g/mol. The van der Waals surface area contributed by atoms with Gasteiger partial charge < -0.3 is 10.1 Å². The van der Waals surface area contributed by atoms with E-state index in [1.165, 1.54) is 13.2 Å². The highest BCUT2D eigenvalue weighted by Gasteiger charge is 2.14. The van der Waals surface area contributed by atoms with Gasteiger partial charge in [-0.2, -0.15) is 0 Å². The molecule has 0 saturated heterocycles. The van der Waals surface area contributed by atoms with E-state index in [0.717, 1.165) is 37.1 Å². The van der Waals surface area contributed by atoms with Crippen molar-refractivity contribution in [2.24, 2.45) is 0 Å². The van der Waals surface area contributed by atoms with Gasteiger partial charge in [-0.05, 0) is 31.4 Å². The molecule has 1 N–H and O–H groups in total. The zero-order valence-electron chi connectivity index (χ0n) is 12.1. The summed E-state index contributed by atoms with van der Waals surface area (Å²) in [7, 11) is 1.38. The van der Waals surface area contributed by atoms with Gasteiger partial charge in [-0.25, -0.2) is 0 Å². The maximum absolute atomic E-state index is 10.9. The highest BCUT2D eigenvalue weighted by atomic mass is 35.5. The Kier molecular flexibility index (Phi) is 6.94. The van der Waals surface area contributed by atoms with Crippen molar-refractivity contribution in [1.82, 2.24) is 0 Å².